The van der Waals surface area contributed by atoms with Gasteiger partial charge in [0.25, 0.3) is 0 Å². The lowest BCUT2D eigenvalue weighted by Crippen LogP contribution is -1.98. The van der Waals surface area contributed by atoms with Crippen LogP contribution in [-0.4, -0.2) is 23.2 Å². The van der Waals surface area contributed by atoms with Crippen LogP contribution in [0.15, 0.2) is 16.3 Å². The highest BCUT2D eigenvalue weighted by Crippen LogP contribution is 2.28. The van der Waals surface area contributed by atoms with Gasteiger partial charge in [-0.3, -0.25) is 4.79 Å². The Balaban J connectivity index is 2.48. The van der Waals surface area contributed by atoms with Crippen LogP contribution in [-0.2, 0) is 0 Å². The minimum absolute atomic E-state index is 0.221. The maximum absolute atomic E-state index is 10.4. The average molecular weight is 216 g/mol. The molecule has 0 aliphatic heterocycles. The summed E-state index contributed by atoms with van der Waals surface area (Å²) in [6, 6.07) is 1.89. The van der Waals surface area contributed by atoms with E-state index < -0.39 is 0 Å². The Bertz CT molecular complexity index is 270. The molecule has 1 heterocycles. The van der Waals surface area contributed by atoms with Crippen molar-refractivity contribution in [3.05, 3.63) is 16.3 Å². The van der Waals surface area contributed by atoms with Gasteiger partial charge in [0.1, 0.15) is 0 Å². The largest absolute Gasteiger partial charge is 0.396 e. The highest BCUT2D eigenvalue weighted by Gasteiger charge is 2.05. The fourth-order valence-corrected chi connectivity index (χ4v) is 2.83. The molecule has 0 radical (unpaired) electrons. The Morgan fingerprint density at radius 1 is 1.77 bits per heavy atom. The van der Waals surface area contributed by atoms with Crippen LogP contribution in [0.1, 0.15) is 23.0 Å². The fourth-order valence-electron chi connectivity index (χ4n) is 0.931. The third-order valence-corrected chi connectivity index (χ3v) is 3.74. The third kappa shape index (κ3) is 3.50. The minimum Gasteiger partial charge on any atom is -0.396 e. The Morgan fingerprint density at radius 2 is 2.54 bits per heavy atom. The van der Waals surface area contributed by atoms with E-state index in [-0.39, 0.29) is 6.61 Å². The van der Waals surface area contributed by atoms with Gasteiger partial charge in [-0.25, -0.2) is 0 Å². The number of rotatable bonds is 5. The lowest BCUT2D eigenvalue weighted by atomic mass is 10.3. The molecule has 0 fully saturated rings. The molecule has 72 valence electrons. The molecule has 0 aromatic carbocycles. The van der Waals surface area contributed by atoms with Gasteiger partial charge in [-0.2, -0.15) is 0 Å². The summed E-state index contributed by atoms with van der Waals surface area (Å²) in [6.45, 7) is 2.29. The van der Waals surface area contributed by atoms with Crippen molar-refractivity contribution in [1.82, 2.24) is 0 Å². The number of aliphatic hydroxyl groups is 1. The number of carbonyl (C=O) groups excluding carboxylic acids is 1. The lowest BCUT2D eigenvalue weighted by Gasteiger charge is -2.06. The van der Waals surface area contributed by atoms with E-state index in [0.717, 1.165) is 22.5 Å². The van der Waals surface area contributed by atoms with E-state index in [1.165, 1.54) is 11.3 Å². The second-order valence-electron chi connectivity index (χ2n) is 2.74. The number of carbonyl (C=O) groups is 1. The molecular weight excluding hydrogens is 204 g/mol. The fraction of sp³-hybridized carbons (Fsp3) is 0.444. The molecule has 4 heteroatoms. The van der Waals surface area contributed by atoms with Gasteiger partial charge in [-0.05, 0) is 12.5 Å². The smallest absolute Gasteiger partial charge is 0.160 e. The first kappa shape index (κ1) is 10.8. The zero-order chi connectivity index (χ0) is 9.68. The average Bonchev–Trinajstić information content (AvgIpc) is 2.52. The zero-order valence-electron chi connectivity index (χ0n) is 7.40. The summed E-state index contributed by atoms with van der Waals surface area (Å²) in [5, 5.41) is 11.1. The lowest BCUT2D eigenvalue weighted by molar-refractivity contribution is 0.112. The Kier molecular flexibility index (Phi) is 4.48. The number of hydrogen-bond donors (Lipinski definition) is 1. The van der Waals surface area contributed by atoms with Crippen molar-refractivity contribution in [3.63, 3.8) is 0 Å². The number of thiophene rings is 1. The molecule has 1 N–H and O–H groups in total. The summed E-state index contributed by atoms with van der Waals surface area (Å²) in [5.74, 6) is 0. The van der Waals surface area contributed by atoms with E-state index in [1.807, 2.05) is 11.4 Å². The molecule has 0 saturated heterocycles. The molecule has 0 aliphatic rings. The van der Waals surface area contributed by atoms with E-state index in [0.29, 0.717) is 5.25 Å². The predicted octanol–water partition coefficient (Wildman–Crippen LogP) is 2.42. The van der Waals surface area contributed by atoms with Crippen molar-refractivity contribution >= 4 is 29.4 Å². The summed E-state index contributed by atoms with van der Waals surface area (Å²) in [4.78, 5) is 12.3. The van der Waals surface area contributed by atoms with Gasteiger partial charge in [0, 0.05) is 22.1 Å². The molecule has 0 aliphatic carbocycles. The van der Waals surface area contributed by atoms with Crippen molar-refractivity contribution in [2.75, 3.05) is 6.61 Å². The van der Waals surface area contributed by atoms with Crippen LogP contribution in [0.25, 0.3) is 0 Å². The molecular formula is C9H12O2S2. The molecule has 1 rings (SSSR count). The van der Waals surface area contributed by atoms with Gasteiger partial charge in [-0.1, -0.05) is 6.92 Å². The Hall–Kier alpha value is -0.320. The topological polar surface area (TPSA) is 37.3 Å². The minimum atomic E-state index is 0.221. The summed E-state index contributed by atoms with van der Waals surface area (Å²) >= 11 is 3.15. The second-order valence-corrected chi connectivity index (χ2v) is 5.20. The van der Waals surface area contributed by atoms with Gasteiger partial charge < -0.3 is 5.11 Å². The van der Waals surface area contributed by atoms with Gasteiger partial charge in [-0.15, -0.1) is 23.1 Å². The second kappa shape index (κ2) is 5.42. The Morgan fingerprint density at radius 3 is 3.08 bits per heavy atom. The van der Waals surface area contributed by atoms with Gasteiger partial charge >= 0.3 is 0 Å². The van der Waals surface area contributed by atoms with Crippen LogP contribution in [0.3, 0.4) is 0 Å². The molecule has 1 atom stereocenters. The van der Waals surface area contributed by atoms with Crippen molar-refractivity contribution in [1.29, 1.82) is 0 Å². The molecule has 1 unspecified atom stereocenters. The third-order valence-electron chi connectivity index (χ3n) is 1.58. The normalized spacial score (nSPS) is 12.8. The number of aliphatic hydroxyl groups excluding tert-OH is 1. The number of aldehydes is 1. The summed E-state index contributed by atoms with van der Waals surface area (Å²) in [6.07, 6.45) is 1.66. The van der Waals surface area contributed by atoms with Crippen LogP contribution >= 0.6 is 23.1 Å². The van der Waals surface area contributed by atoms with Crippen molar-refractivity contribution < 1.29 is 9.90 Å². The highest BCUT2D eigenvalue weighted by atomic mass is 32.2. The molecule has 1 aromatic heterocycles. The molecule has 0 saturated carbocycles. The van der Waals surface area contributed by atoms with Crippen molar-refractivity contribution in [2.45, 2.75) is 23.5 Å². The van der Waals surface area contributed by atoms with Crippen molar-refractivity contribution in [2.24, 2.45) is 0 Å². The highest BCUT2D eigenvalue weighted by molar-refractivity contribution is 8.00. The summed E-state index contributed by atoms with van der Waals surface area (Å²) in [7, 11) is 0. The van der Waals surface area contributed by atoms with Crippen LogP contribution in [0.4, 0.5) is 0 Å². The number of hydrogen-bond acceptors (Lipinski definition) is 4. The number of thioether (sulfide) groups is 1. The summed E-state index contributed by atoms with van der Waals surface area (Å²) in [5.41, 5.74) is 0. The van der Waals surface area contributed by atoms with Crippen LogP contribution < -0.4 is 0 Å². The maximum Gasteiger partial charge on any atom is 0.160 e. The Labute approximate surface area is 86.0 Å². The van der Waals surface area contributed by atoms with Crippen LogP contribution in [0.5, 0.6) is 0 Å². The molecule has 2 nitrogen and oxygen atoms in total. The quantitative estimate of drug-likeness (QED) is 0.606. The van der Waals surface area contributed by atoms with Gasteiger partial charge in [0.15, 0.2) is 6.29 Å². The van der Waals surface area contributed by atoms with E-state index in [9.17, 15) is 4.79 Å². The van der Waals surface area contributed by atoms with Gasteiger partial charge in [0.05, 0.1) is 4.88 Å². The molecule has 1 aromatic rings. The van der Waals surface area contributed by atoms with E-state index in [4.69, 9.17) is 5.11 Å². The SMILES string of the molecule is CC(CCO)Sc1csc(C=O)c1. The maximum atomic E-state index is 10.4. The van der Waals surface area contributed by atoms with Crippen LogP contribution in [0.2, 0.25) is 0 Å². The van der Waals surface area contributed by atoms with Gasteiger partial charge in [0.2, 0.25) is 0 Å². The predicted molar refractivity (Wildman–Crippen MR) is 56.7 cm³/mol. The van der Waals surface area contributed by atoms with Crippen molar-refractivity contribution in [3.8, 4) is 0 Å². The standard InChI is InChI=1S/C9H12O2S2/c1-7(2-3-10)13-9-4-8(5-11)12-6-9/h4-7,10H,2-3H2,1H3. The van der Waals surface area contributed by atoms with E-state index in [1.54, 1.807) is 11.8 Å². The monoisotopic (exact) mass is 216 g/mol. The van der Waals surface area contributed by atoms with E-state index in [2.05, 4.69) is 6.92 Å². The molecule has 0 bridgehead atoms. The zero-order valence-corrected chi connectivity index (χ0v) is 9.03. The first-order valence-corrected chi connectivity index (χ1v) is 5.83. The van der Waals surface area contributed by atoms with Crippen LogP contribution in [0, 0.1) is 0 Å². The first-order valence-electron chi connectivity index (χ1n) is 4.07. The molecule has 13 heavy (non-hydrogen) atoms. The molecule has 0 amide bonds. The summed E-state index contributed by atoms with van der Waals surface area (Å²) < 4.78 is 0. The van der Waals surface area contributed by atoms with E-state index >= 15 is 0 Å². The first-order chi connectivity index (χ1) is 6.26. The molecule has 0 spiro atoms.